The van der Waals surface area contributed by atoms with Crippen molar-refractivity contribution in [3.05, 3.63) is 29.3 Å². The fourth-order valence-corrected chi connectivity index (χ4v) is 2.14. The molecule has 2 rings (SSSR count). The van der Waals surface area contributed by atoms with E-state index in [-0.39, 0.29) is 0 Å². The van der Waals surface area contributed by atoms with Gasteiger partial charge in [-0.05, 0) is 18.6 Å². The minimum absolute atomic E-state index is 1.03. The molecule has 1 nitrogen and oxygen atoms in total. The number of fused-ring (bicyclic) bond motifs is 1. The van der Waals surface area contributed by atoms with E-state index in [1.165, 1.54) is 16.0 Å². The van der Waals surface area contributed by atoms with Crippen LogP contribution in [0.25, 0.3) is 0 Å². The lowest BCUT2D eigenvalue weighted by Gasteiger charge is -2.16. The molecule has 1 N–H and O–H groups in total. The van der Waals surface area contributed by atoms with Gasteiger partial charge in [0.2, 0.25) is 0 Å². The summed E-state index contributed by atoms with van der Waals surface area (Å²) in [6.07, 6.45) is 0. The minimum atomic E-state index is 1.03. The van der Waals surface area contributed by atoms with Crippen molar-refractivity contribution < 1.29 is 0 Å². The zero-order valence-electron chi connectivity index (χ0n) is 6.55. The van der Waals surface area contributed by atoms with E-state index in [9.17, 15) is 0 Å². The smallest absolute Gasteiger partial charge is 0.0468 e. The van der Waals surface area contributed by atoms with Crippen molar-refractivity contribution in [2.45, 2.75) is 18.4 Å². The summed E-state index contributed by atoms with van der Waals surface area (Å²) in [6.45, 7) is 3.17. The molecule has 0 unspecified atom stereocenters. The summed E-state index contributed by atoms with van der Waals surface area (Å²) in [4.78, 5) is 1.44. The van der Waals surface area contributed by atoms with Crippen molar-refractivity contribution >= 4 is 11.8 Å². The monoisotopic (exact) mass is 165 g/mol. The summed E-state index contributed by atoms with van der Waals surface area (Å²) in [5.74, 6) is 1.05. The predicted octanol–water partition coefficient (Wildman–Crippen LogP) is 2.15. The molecule has 0 aromatic heterocycles. The van der Waals surface area contributed by atoms with Crippen molar-refractivity contribution in [2.75, 3.05) is 5.88 Å². The average molecular weight is 165 g/mol. The Labute approximate surface area is 71.2 Å². The maximum Gasteiger partial charge on any atom is 0.0468 e. The van der Waals surface area contributed by atoms with Crippen LogP contribution in [0, 0.1) is 6.92 Å². The van der Waals surface area contributed by atoms with Crippen LogP contribution in [-0.2, 0) is 6.54 Å². The number of benzene rings is 1. The van der Waals surface area contributed by atoms with E-state index in [0.29, 0.717) is 0 Å². The van der Waals surface area contributed by atoms with Gasteiger partial charge in [0, 0.05) is 17.3 Å². The SMILES string of the molecule is Cc1ccc2c(c1)CNCS2. The molecule has 0 saturated carbocycles. The van der Waals surface area contributed by atoms with Crippen LogP contribution in [-0.4, -0.2) is 5.88 Å². The summed E-state index contributed by atoms with van der Waals surface area (Å²) < 4.78 is 0. The Balaban J connectivity index is 2.43. The van der Waals surface area contributed by atoms with Gasteiger partial charge in [-0.2, -0.15) is 0 Å². The highest BCUT2D eigenvalue weighted by Crippen LogP contribution is 2.26. The molecule has 2 heteroatoms. The lowest BCUT2D eigenvalue weighted by molar-refractivity contribution is 0.765. The first-order valence-electron chi connectivity index (χ1n) is 3.79. The van der Waals surface area contributed by atoms with Gasteiger partial charge in [-0.25, -0.2) is 0 Å². The normalized spacial score (nSPS) is 16.1. The highest BCUT2D eigenvalue weighted by atomic mass is 32.2. The Morgan fingerprint density at radius 1 is 1.45 bits per heavy atom. The highest BCUT2D eigenvalue weighted by molar-refractivity contribution is 7.99. The van der Waals surface area contributed by atoms with Crippen LogP contribution in [0.1, 0.15) is 11.1 Å². The zero-order chi connectivity index (χ0) is 7.68. The van der Waals surface area contributed by atoms with Crippen molar-refractivity contribution in [1.29, 1.82) is 0 Å². The Hall–Kier alpha value is -0.470. The molecule has 0 saturated heterocycles. The molecular formula is C9H11NS. The van der Waals surface area contributed by atoms with Gasteiger partial charge in [-0.1, -0.05) is 17.7 Å². The van der Waals surface area contributed by atoms with Crippen LogP contribution in [0.3, 0.4) is 0 Å². The van der Waals surface area contributed by atoms with Gasteiger partial charge < -0.3 is 5.32 Å². The first-order chi connectivity index (χ1) is 5.36. The van der Waals surface area contributed by atoms with Crippen LogP contribution in [0.4, 0.5) is 0 Å². The molecule has 0 spiro atoms. The van der Waals surface area contributed by atoms with E-state index in [0.717, 1.165) is 12.4 Å². The van der Waals surface area contributed by atoms with Crippen LogP contribution >= 0.6 is 11.8 Å². The Bertz CT molecular complexity index is 270. The molecule has 58 valence electrons. The Morgan fingerprint density at radius 3 is 3.27 bits per heavy atom. The second-order valence-corrected chi connectivity index (χ2v) is 3.84. The van der Waals surface area contributed by atoms with Crippen LogP contribution in [0.5, 0.6) is 0 Å². The summed E-state index contributed by atoms with van der Waals surface area (Å²) in [5.41, 5.74) is 2.80. The second-order valence-electron chi connectivity index (χ2n) is 2.83. The van der Waals surface area contributed by atoms with Crippen LogP contribution in [0.15, 0.2) is 23.1 Å². The molecule has 0 amide bonds. The molecule has 1 aliphatic heterocycles. The van der Waals surface area contributed by atoms with Gasteiger partial charge in [-0.15, -0.1) is 11.8 Å². The predicted molar refractivity (Wildman–Crippen MR) is 48.7 cm³/mol. The fraction of sp³-hybridized carbons (Fsp3) is 0.333. The Kier molecular flexibility index (Phi) is 1.88. The third-order valence-electron chi connectivity index (χ3n) is 1.86. The highest BCUT2D eigenvalue weighted by Gasteiger charge is 2.07. The van der Waals surface area contributed by atoms with E-state index < -0.39 is 0 Å². The molecule has 1 aliphatic rings. The van der Waals surface area contributed by atoms with E-state index in [1.807, 2.05) is 11.8 Å². The maximum absolute atomic E-state index is 3.33. The second kappa shape index (κ2) is 2.88. The Morgan fingerprint density at radius 2 is 2.36 bits per heavy atom. The van der Waals surface area contributed by atoms with Gasteiger partial charge in [0.05, 0.1) is 0 Å². The van der Waals surface area contributed by atoms with Gasteiger partial charge in [-0.3, -0.25) is 0 Å². The molecular weight excluding hydrogens is 154 g/mol. The van der Waals surface area contributed by atoms with Gasteiger partial charge >= 0.3 is 0 Å². The molecule has 0 fully saturated rings. The number of hydrogen-bond acceptors (Lipinski definition) is 2. The standard InChI is InChI=1S/C9H11NS/c1-7-2-3-9-8(4-7)5-10-6-11-9/h2-4,10H,5-6H2,1H3. The first kappa shape index (κ1) is 7.19. The van der Waals surface area contributed by atoms with Crippen molar-refractivity contribution in [2.24, 2.45) is 0 Å². The van der Waals surface area contributed by atoms with Crippen LogP contribution in [0.2, 0.25) is 0 Å². The van der Waals surface area contributed by atoms with E-state index in [1.54, 1.807) is 0 Å². The van der Waals surface area contributed by atoms with Crippen molar-refractivity contribution in [1.82, 2.24) is 5.32 Å². The molecule has 1 aromatic rings. The first-order valence-corrected chi connectivity index (χ1v) is 4.78. The number of aryl methyl sites for hydroxylation is 1. The molecule has 0 radical (unpaired) electrons. The molecule has 0 atom stereocenters. The lowest BCUT2D eigenvalue weighted by atomic mass is 10.1. The number of rotatable bonds is 0. The molecule has 0 bridgehead atoms. The minimum Gasteiger partial charge on any atom is -0.303 e. The molecule has 11 heavy (non-hydrogen) atoms. The largest absolute Gasteiger partial charge is 0.303 e. The third kappa shape index (κ3) is 1.42. The summed E-state index contributed by atoms with van der Waals surface area (Å²) >= 11 is 1.89. The average Bonchev–Trinajstić information content (AvgIpc) is 2.04. The quantitative estimate of drug-likeness (QED) is 0.632. The number of thioether (sulfide) groups is 1. The lowest BCUT2D eigenvalue weighted by Crippen LogP contribution is -2.17. The fourth-order valence-electron chi connectivity index (χ4n) is 1.30. The number of hydrogen-bond donors (Lipinski definition) is 1. The van der Waals surface area contributed by atoms with Crippen molar-refractivity contribution in [3.63, 3.8) is 0 Å². The zero-order valence-corrected chi connectivity index (χ0v) is 7.37. The van der Waals surface area contributed by atoms with E-state index in [4.69, 9.17) is 0 Å². The van der Waals surface area contributed by atoms with E-state index >= 15 is 0 Å². The van der Waals surface area contributed by atoms with Gasteiger partial charge in [0.15, 0.2) is 0 Å². The summed E-state index contributed by atoms with van der Waals surface area (Å²) in [5, 5.41) is 3.33. The topological polar surface area (TPSA) is 12.0 Å². The third-order valence-corrected chi connectivity index (χ3v) is 2.92. The maximum atomic E-state index is 3.33. The summed E-state index contributed by atoms with van der Waals surface area (Å²) in [6, 6.07) is 6.65. The van der Waals surface area contributed by atoms with Gasteiger partial charge in [0.25, 0.3) is 0 Å². The molecule has 1 heterocycles. The molecule has 1 aromatic carbocycles. The van der Waals surface area contributed by atoms with Crippen molar-refractivity contribution in [3.8, 4) is 0 Å². The van der Waals surface area contributed by atoms with Gasteiger partial charge in [0.1, 0.15) is 0 Å². The number of nitrogens with one attached hydrogen (secondary N) is 1. The van der Waals surface area contributed by atoms with E-state index in [2.05, 4.69) is 30.4 Å². The summed E-state index contributed by atoms with van der Waals surface area (Å²) in [7, 11) is 0. The van der Waals surface area contributed by atoms with Crippen LogP contribution < -0.4 is 5.32 Å². The molecule has 0 aliphatic carbocycles.